The number of hydrogen-bond acceptors (Lipinski definition) is 5. The summed E-state index contributed by atoms with van der Waals surface area (Å²) in [6.07, 6.45) is 101. The Morgan fingerprint density at radius 3 is 1.07 bits per heavy atom. The first kappa shape index (κ1) is 82.4. The Kier molecular flexibility index (Phi) is 63.0. The third-order valence-electron chi connectivity index (χ3n) is 15.0. The highest BCUT2D eigenvalue weighted by Gasteiger charge is 2.28. The Balaban J connectivity index is 4.20. The third kappa shape index (κ3) is 67.9. The number of hydrogen-bond donors (Lipinski definition) is 3. The summed E-state index contributed by atoms with van der Waals surface area (Å²) in [6, 6.07) is -0.886. The summed E-state index contributed by atoms with van der Waals surface area (Å²) in [5, 5.41) is 14.0. The van der Waals surface area contributed by atoms with E-state index in [1.165, 1.54) is 148 Å². The van der Waals surface area contributed by atoms with E-state index < -0.39 is 20.0 Å². The van der Waals surface area contributed by atoms with E-state index in [0.29, 0.717) is 17.4 Å². The van der Waals surface area contributed by atoms with E-state index in [1.807, 2.05) is 27.2 Å². The predicted octanol–water partition coefficient (Wildman–Crippen LogP) is 22.8. The van der Waals surface area contributed by atoms with E-state index in [0.717, 1.165) is 116 Å². The Labute approximate surface area is 531 Å². The van der Waals surface area contributed by atoms with Gasteiger partial charge in [-0.3, -0.25) is 13.8 Å². The molecule has 0 aliphatic rings. The van der Waals surface area contributed by atoms with Crippen molar-refractivity contribution in [1.82, 2.24) is 5.32 Å². The fraction of sp³-hybridized carbons (Fsp3) is 0.675. The molecule has 0 fully saturated rings. The zero-order valence-corrected chi connectivity index (χ0v) is 57.1. The van der Waals surface area contributed by atoms with Crippen LogP contribution in [0.3, 0.4) is 0 Å². The van der Waals surface area contributed by atoms with Gasteiger partial charge in [0, 0.05) is 6.42 Å². The first-order valence-electron chi connectivity index (χ1n) is 35.2. The van der Waals surface area contributed by atoms with Crippen LogP contribution in [0.1, 0.15) is 284 Å². The number of phosphoric acid groups is 1. The molecule has 0 rings (SSSR count). The molecule has 3 atom stereocenters. The maximum atomic E-state index is 13.0. The van der Waals surface area contributed by atoms with Crippen LogP contribution < -0.4 is 5.32 Å². The van der Waals surface area contributed by atoms with Crippen LogP contribution in [0.5, 0.6) is 0 Å². The van der Waals surface area contributed by atoms with E-state index in [1.54, 1.807) is 6.08 Å². The third-order valence-corrected chi connectivity index (χ3v) is 16.0. The van der Waals surface area contributed by atoms with Gasteiger partial charge in [-0.1, -0.05) is 307 Å². The molecule has 3 N–H and O–H groups in total. The summed E-state index contributed by atoms with van der Waals surface area (Å²) in [4.78, 5) is 23.4. The number of phosphoric ester groups is 1. The first-order valence-corrected chi connectivity index (χ1v) is 36.7. The zero-order chi connectivity index (χ0) is 62.6. The minimum atomic E-state index is -4.38. The number of likely N-dealkylation sites (N-methyl/N-ethyl adjacent to an activating group) is 1. The Morgan fingerprint density at radius 2 is 0.709 bits per heavy atom. The number of unbranched alkanes of at least 4 members (excludes halogenated alkanes) is 28. The van der Waals surface area contributed by atoms with E-state index >= 15 is 0 Å². The number of rotatable bonds is 63. The van der Waals surface area contributed by atoms with Crippen LogP contribution in [0.4, 0.5) is 0 Å². The molecule has 0 radical (unpaired) electrons. The molecule has 0 aliphatic heterocycles. The van der Waals surface area contributed by atoms with Crippen molar-refractivity contribution < 1.29 is 32.9 Å². The van der Waals surface area contributed by atoms with Crippen molar-refractivity contribution in [2.45, 2.75) is 296 Å². The van der Waals surface area contributed by atoms with Gasteiger partial charge in [0.05, 0.1) is 39.9 Å². The normalized spacial score (nSPS) is 14.5. The van der Waals surface area contributed by atoms with E-state index in [2.05, 4.69) is 153 Å². The molecule has 0 saturated heterocycles. The summed E-state index contributed by atoms with van der Waals surface area (Å²) < 4.78 is 23.8. The van der Waals surface area contributed by atoms with Crippen LogP contribution in [0, 0.1) is 0 Å². The second kappa shape index (κ2) is 65.8. The van der Waals surface area contributed by atoms with Gasteiger partial charge < -0.3 is 19.8 Å². The molecule has 0 spiro atoms. The molecule has 0 aromatic heterocycles. The maximum absolute atomic E-state index is 13.0. The summed E-state index contributed by atoms with van der Waals surface area (Å²) in [5.74, 6) is -0.201. The molecule has 0 aromatic rings. The Bertz CT molecular complexity index is 1910. The van der Waals surface area contributed by atoms with Crippen LogP contribution >= 0.6 is 7.82 Å². The highest BCUT2D eigenvalue weighted by Crippen LogP contribution is 2.43. The van der Waals surface area contributed by atoms with Gasteiger partial charge >= 0.3 is 7.82 Å². The number of nitrogens with one attached hydrogen (secondary N) is 1. The van der Waals surface area contributed by atoms with Crippen molar-refractivity contribution in [3.63, 3.8) is 0 Å². The number of amides is 1. The lowest BCUT2D eigenvalue weighted by molar-refractivity contribution is -0.870. The molecule has 0 bridgehead atoms. The second-order valence-electron chi connectivity index (χ2n) is 24.5. The number of carbonyl (C=O) groups is 1. The van der Waals surface area contributed by atoms with E-state index in [9.17, 15) is 19.4 Å². The Hall–Kier alpha value is -3.62. The molecule has 492 valence electrons. The molecule has 1 amide bonds. The topological polar surface area (TPSA) is 105 Å². The average Bonchev–Trinajstić information content (AvgIpc) is 3.70. The molecular formula is C77H134N2O6P+. The van der Waals surface area contributed by atoms with Crippen LogP contribution in [0.2, 0.25) is 0 Å². The molecule has 8 nitrogen and oxygen atoms in total. The number of aliphatic hydroxyl groups is 1. The van der Waals surface area contributed by atoms with Crippen LogP contribution in [-0.2, 0) is 18.4 Å². The van der Waals surface area contributed by atoms with Crippen molar-refractivity contribution >= 4 is 13.7 Å². The molecule has 9 heteroatoms. The number of quaternary nitrogens is 1. The van der Waals surface area contributed by atoms with Gasteiger partial charge in [-0.2, -0.15) is 0 Å². The van der Waals surface area contributed by atoms with Gasteiger partial charge in [0.2, 0.25) is 5.91 Å². The van der Waals surface area contributed by atoms with Crippen molar-refractivity contribution in [3.05, 3.63) is 146 Å². The molecule has 0 saturated carbocycles. The van der Waals surface area contributed by atoms with Crippen molar-refractivity contribution in [2.24, 2.45) is 0 Å². The fourth-order valence-corrected chi connectivity index (χ4v) is 10.3. The van der Waals surface area contributed by atoms with Gasteiger partial charge in [0.25, 0.3) is 0 Å². The average molecular weight is 1210 g/mol. The number of carbonyl (C=O) groups excluding carboxylic acids is 1. The minimum absolute atomic E-state index is 0.0452. The maximum Gasteiger partial charge on any atom is 0.472 e. The first-order chi connectivity index (χ1) is 42.0. The summed E-state index contributed by atoms with van der Waals surface area (Å²) in [6.45, 7) is 4.68. The van der Waals surface area contributed by atoms with Crippen molar-refractivity contribution in [3.8, 4) is 0 Å². The molecule has 3 unspecified atom stereocenters. The minimum Gasteiger partial charge on any atom is -0.387 e. The van der Waals surface area contributed by atoms with E-state index in [-0.39, 0.29) is 19.1 Å². The van der Waals surface area contributed by atoms with Gasteiger partial charge in [-0.15, -0.1) is 0 Å². The highest BCUT2D eigenvalue weighted by molar-refractivity contribution is 7.47. The monoisotopic (exact) mass is 1210 g/mol. The zero-order valence-electron chi connectivity index (χ0n) is 56.3. The molecule has 86 heavy (non-hydrogen) atoms. The van der Waals surface area contributed by atoms with Gasteiger partial charge in [-0.05, 0) is 116 Å². The van der Waals surface area contributed by atoms with Crippen molar-refractivity contribution in [1.29, 1.82) is 0 Å². The summed E-state index contributed by atoms with van der Waals surface area (Å²) in [7, 11) is 1.53. The number of nitrogens with zero attached hydrogens (tertiary/aromatic N) is 1. The predicted molar refractivity (Wildman–Crippen MR) is 378 cm³/mol. The van der Waals surface area contributed by atoms with Crippen LogP contribution in [0.15, 0.2) is 146 Å². The molecular weight excluding hydrogens is 1080 g/mol. The lowest BCUT2D eigenvalue weighted by Crippen LogP contribution is -2.45. The molecule has 0 heterocycles. The number of allylic oxidation sites excluding steroid dienone is 23. The highest BCUT2D eigenvalue weighted by atomic mass is 31.2. The van der Waals surface area contributed by atoms with Gasteiger partial charge in [0.1, 0.15) is 13.2 Å². The van der Waals surface area contributed by atoms with Crippen LogP contribution in [0.25, 0.3) is 0 Å². The van der Waals surface area contributed by atoms with Gasteiger partial charge in [0.15, 0.2) is 0 Å². The standard InChI is InChI=1S/C77H133N2O6P/c1-6-8-10-12-14-16-18-20-22-24-26-28-30-32-34-35-36-37-38-39-40-41-42-43-45-47-49-51-53-55-57-59-61-63-65-67-69-71-77(81)78-75(74-85-86(82,83)84-73-72-79(3,4)5)76(80)70-68-66-64-62-60-58-56-54-52-50-48-46-44-33-31-29-27-25-23-21-19-17-15-13-11-9-7-2/h8,10,14,16,20,22,26,28,32,34,36-37,39-40,42-43,47,49,52,54,60,62,68,70,75-76,80H,6-7,9,11-13,15,17-19,21,23-25,27,29-31,33,35,38,41,44-46,48,50-51,53,55-59,61,63-67,69,71-74H2,1-5H3,(H-,78,81,82,83)/p+1/b10-8-,16-14-,22-20-,28-26-,34-32-,37-36-,40-39-,43-42-,49-47-,54-52+,62-60+,70-68+. The van der Waals surface area contributed by atoms with Crippen molar-refractivity contribution in [2.75, 3.05) is 40.9 Å². The summed E-state index contributed by atoms with van der Waals surface area (Å²) >= 11 is 0. The summed E-state index contributed by atoms with van der Waals surface area (Å²) in [5.41, 5.74) is 0. The SMILES string of the molecule is CC/C=C\C/C=C\C/C=C\C/C=C\C/C=C\C/C=C\C/C=C\C/C=C\C/C=C\CCCCCCCCCCCC(=O)NC(COP(=O)(O)OCC[N+](C)(C)C)C(O)/C=C/CC/C=C/CC/C=C/CCCCCCCCCCCCCCCCCCC. The molecule has 0 aromatic carbocycles. The second-order valence-corrected chi connectivity index (χ2v) is 26.0. The fourth-order valence-electron chi connectivity index (χ4n) is 9.60. The lowest BCUT2D eigenvalue weighted by atomic mass is 10.0. The molecule has 0 aliphatic carbocycles. The van der Waals surface area contributed by atoms with E-state index in [4.69, 9.17) is 9.05 Å². The largest absolute Gasteiger partial charge is 0.472 e. The van der Waals surface area contributed by atoms with Crippen LogP contribution in [-0.4, -0.2) is 73.4 Å². The number of aliphatic hydroxyl groups excluding tert-OH is 1. The Morgan fingerprint density at radius 1 is 0.407 bits per heavy atom. The smallest absolute Gasteiger partial charge is 0.387 e. The lowest BCUT2D eigenvalue weighted by Gasteiger charge is -2.25. The van der Waals surface area contributed by atoms with Gasteiger partial charge in [-0.25, -0.2) is 4.57 Å². The quantitative estimate of drug-likeness (QED) is 0.0243.